The van der Waals surface area contributed by atoms with Crippen molar-refractivity contribution in [3.05, 3.63) is 40.2 Å². The van der Waals surface area contributed by atoms with E-state index in [1.54, 1.807) is 35.7 Å². The first-order chi connectivity index (χ1) is 10.6. The molecule has 1 N–H and O–H groups in total. The fraction of sp³-hybridized carbons (Fsp3) is 0.133. The fourth-order valence-electron chi connectivity index (χ4n) is 1.84. The fourth-order valence-corrected chi connectivity index (χ4v) is 2.94. The molecule has 0 aliphatic rings. The number of anilines is 1. The zero-order valence-electron chi connectivity index (χ0n) is 11.6. The minimum atomic E-state index is -0.557. The number of benzene rings is 1. The van der Waals surface area contributed by atoms with Gasteiger partial charge in [-0.2, -0.15) is 5.26 Å². The van der Waals surface area contributed by atoms with Crippen molar-refractivity contribution < 1.29 is 14.3 Å². The molecule has 0 spiro atoms. The molecule has 0 aliphatic heterocycles. The summed E-state index contributed by atoms with van der Waals surface area (Å²) in [5.74, 6) is -1.03. The van der Waals surface area contributed by atoms with Gasteiger partial charge in [0.05, 0.1) is 13.2 Å². The molecule has 1 amide bonds. The number of hydrogen-bond donors (Lipinski definition) is 1. The lowest BCUT2D eigenvalue weighted by atomic mass is 10.0. The molecule has 5 nitrogen and oxygen atoms in total. The molecule has 1 heterocycles. The Labute approximate surface area is 136 Å². The summed E-state index contributed by atoms with van der Waals surface area (Å²) in [5.41, 5.74) is 1.68. The van der Waals surface area contributed by atoms with E-state index >= 15 is 0 Å². The van der Waals surface area contributed by atoms with Gasteiger partial charge in [0, 0.05) is 16.0 Å². The van der Waals surface area contributed by atoms with E-state index in [4.69, 9.17) is 21.6 Å². The molecule has 1 aromatic carbocycles. The van der Waals surface area contributed by atoms with Crippen molar-refractivity contribution in [3.63, 3.8) is 0 Å². The average Bonchev–Trinajstić information content (AvgIpc) is 2.91. The zero-order valence-corrected chi connectivity index (χ0v) is 13.1. The summed E-state index contributed by atoms with van der Waals surface area (Å²) < 4.78 is 4.79. The normalized spacial score (nSPS) is 9.86. The molecule has 22 heavy (non-hydrogen) atoms. The molecule has 0 bridgehead atoms. The van der Waals surface area contributed by atoms with Crippen LogP contribution in [0.4, 0.5) is 5.00 Å². The van der Waals surface area contributed by atoms with Crippen molar-refractivity contribution in [1.82, 2.24) is 0 Å². The van der Waals surface area contributed by atoms with E-state index in [1.807, 2.05) is 0 Å². The van der Waals surface area contributed by atoms with E-state index in [1.165, 1.54) is 18.4 Å². The smallest absolute Gasteiger partial charge is 0.341 e. The highest BCUT2D eigenvalue weighted by atomic mass is 35.5. The van der Waals surface area contributed by atoms with Gasteiger partial charge in [0.2, 0.25) is 5.91 Å². The second-order valence-electron chi connectivity index (χ2n) is 4.24. The van der Waals surface area contributed by atoms with Crippen LogP contribution in [-0.2, 0) is 9.53 Å². The third-order valence-electron chi connectivity index (χ3n) is 2.83. The predicted octanol–water partition coefficient (Wildman–Crippen LogP) is 3.71. The summed E-state index contributed by atoms with van der Waals surface area (Å²) in [6, 6.07) is 8.73. The number of carbonyl (C=O) groups is 2. The number of rotatable bonds is 4. The van der Waals surface area contributed by atoms with Gasteiger partial charge in [-0.15, -0.1) is 11.3 Å². The van der Waals surface area contributed by atoms with Crippen molar-refractivity contribution in [2.45, 2.75) is 6.42 Å². The number of esters is 1. The molecule has 0 saturated heterocycles. The molecule has 2 rings (SSSR count). The SMILES string of the molecule is COC(=O)c1c(-c2ccc(Cl)cc2)csc1NC(=O)CC#N. The Kier molecular flexibility index (Phi) is 5.15. The summed E-state index contributed by atoms with van der Waals surface area (Å²) in [6.45, 7) is 0. The van der Waals surface area contributed by atoms with Crippen LogP contribution in [0.3, 0.4) is 0 Å². The van der Waals surface area contributed by atoms with Gasteiger partial charge in [0.25, 0.3) is 0 Å². The minimum Gasteiger partial charge on any atom is -0.465 e. The van der Waals surface area contributed by atoms with E-state index in [0.717, 1.165) is 5.56 Å². The molecule has 0 aliphatic carbocycles. The van der Waals surface area contributed by atoms with Crippen LogP contribution in [0.15, 0.2) is 29.6 Å². The maximum absolute atomic E-state index is 12.0. The maximum Gasteiger partial charge on any atom is 0.341 e. The van der Waals surface area contributed by atoms with Gasteiger partial charge in [-0.3, -0.25) is 4.79 Å². The summed E-state index contributed by atoms with van der Waals surface area (Å²) in [6.07, 6.45) is -0.283. The van der Waals surface area contributed by atoms with Gasteiger partial charge in [-0.05, 0) is 17.7 Å². The lowest BCUT2D eigenvalue weighted by Gasteiger charge is -2.07. The standard InChI is InChI=1S/C15H11ClN2O3S/c1-21-15(20)13-11(9-2-4-10(16)5-3-9)8-22-14(13)18-12(19)6-7-17/h2-5,8H,6H2,1H3,(H,18,19). The third-order valence-corrected chi connectivity index (χ3v) is 3.98. The molecule has 0 unspecified atom stereocenters. The van der Waals surface area contributed by atoms with E-state index < -0.39 is 11.9 Å². The molecule has 2 aromatic rings. The van der Waals surface area contributed by atoms with Gasteiger partial charge in [0.15, 0.2) is 0 Å². The maximum atomic E-state index is 12.0. The highest BCUT2D eigenvalue weighted by Crippen LogP contribution is 2.36. The molecular formula is C15H11ClN2O3S. The zero-order chi connectivity index (χ0) is 16.1. The van der Waals surface area contributed by atoms with E-state index in [-0.39, 0.29) is 12.0 Å². The van der Waals surface area contributed by atoms with E-state index in [9.17, 15) is 9.59 Å². The first-order valence-corrected chi connectivity index (χ1v) is 7.45. The lowest BCUT2D eigenvalue weighted by Crippen LogP contribution is -2.13. The Morgan fingerprint density at radius 3 is 2.64 bits per heavy atom. The number of ether oxygens (including phenoxy) is 1. The van der Waals surface area contributed by atoms with Crippen LogP contribution in [0.25, 0.3) is 11.1 Å². The predicted molar refractivity (Wildman–Crippen MR) is 85.0 cm³/mol. The van der Waals surface area contributed by atoms with Crippen LogP contribution in [0, 0.1) is 11.3 Å². The largest absolute Gasteiger partial charge is 0.465 e. The number of nitrogens with one attached hydrogen (secondary N) is 1. The van der Waals surface area contributed by atoms with Crippen LogP contribution in [0.1, 0.15) is 16.8 Å². The molecule has 0 atom stereocenters. The number of halogens is 1. The summed E-state index contributed by atoms with van der Waals surface area (Å²) >= 11 is 7.06. The molecular weight excluding hydrogens is 324 g/mol. The molecule has 112 valence electrons. The van der Waals surface area contributed by atoms with Crippen molar-refractivity contribution in [2.24, 2.45) is 0 Å². The Bertz CT molecular complexity index is 747. The summed E-state index contributed by atoms with van der Waals surface area (Å²) in [4.78, 5) is 23.6. The van der Waals surface area contributed by atoms with Gasteiger partial charge in [-0.1, -0.05) is 23.7 Å². The van der Waals surface area contributed by atoms with Crippen molar-refractivity contribution >= 4 is 39.8 Å². The number of carbonyl (C=O) groups excluding carboxylic acids is 2. The van der Waals surface area contributed by atoms with Crippen LogP contribution in [-0.4, -0.2) is 19.0 Å². The first kappa shape index (κ1) is 16.0. The van der Waals surface area contributed by atoms with Gasteiger partial charge < -0.3 is 10.1 Å². The molecule has 7 heteroatoms. The van der Waals surface area contributed by atoms with E-state index in [2.05, 4.69) is 5.32 Å². The van der Waals surface area contributed by atoms with Crippen LogP contribution in [0.5, 0.6) is 0 Å². The number of thiophene rings is 1. The highest BCUT2D eigenvalue weighted by molar-refractivity contribution is 7.15. The number of hydrogen-bond acceptors (Lipinski definition) is 5. The lowest BCUT2D eigenvalue weighted by molar-refractivity contribution is -0.115. The highest BCUT2D eigenvalue weighted by Gasteiger charge is 2.22. The van der Waals surface area contributed by atoms with E-state index in [0.29, 0.717) is 15.6 Å². The van der Waals surface area contributed by atoms with Crippen LogP contribution in [0.2, 0.25) is 5.02 Å². The number of nitriles is 1. The van der Waals surface area contributed by atoms with Crippen molar-refractivity contribution in [2.75, 3.05) is 12.4 Å². The Hall–Kier alpha value is -2.36. The number of methoxy groups -OCH3 is 1. The summed E-state index contributed by atoms with van der Waals surface area (Å²) in [7, 11) is 1.27. The number of nitrogens with zero attached hydrogens (tertiary/aromatic N) is 1. The van der Waals surface area contributed by atoms with Gasteiger partial charge >= 0.3 is 5.97 Å². The molecule has 0 saturated carbocycles. The van der Waals surface area contributed by atoms with Gasteiger partial charge in [-0.25, -0.2) is 4.79 Å². The molecule has 0 fully saturated rings. The Morgan fingerprint density at radius 1 is 1.36 bits per heavy atom. The van der Waals surface area contributed by atoms with Crippen LogP contribution >= 0.6 is 22.9 Å². The summed E-state index contributed by atoms with van der Waals surface area (Å²) in [5, 5.41) is 13.8. The van der Waals surface area contributed by atoms with Crippen molar-refractivity contribution in [3.8, 4) is 17.2 Å². The minimum absolute atomic E-state index is 0.265. The number of amides is 1. The molecule has 0 radical (unpaired) electrons. The average molecular weight is 335 g/mol. The Balaban J connectivity index is 2.45. The topological polar surface area (TPSA) is 79.2 Å². The van der Waals surface area contributed by atoms with Crippen LogP contribution < -0.4 is 5.32 Å². The Morgan fingerprint density at radius 2 is 2.05 bits per heavy atom. The second kappa shape index (κ2) is 7.07. The first-order valence-electron chi connectivity index (χ1n) is 6.19. The monoisotopic (exact) mass is 334 g/mol. The second-order valence-corrected chi connectivity index (χ2v) is 5.55. The third kappa shape index (κ3) is 3.45. The quantitative estimate of drug-likeness (QED) is 0.864. The van der Waals surface area contributed by atoms with Crippen molar-refractivity contribution in [1.29, 1.82) is 5.26 Å². The molecule has 1 aromatic heterocycles. The van der Waals surface area contributed by atoms with Gasteiger partial charge in [0.1, 0.15) is 17.0 Å².